The molecule has 0 bridgehead atoms. The van der Waals surface area contributed by atoms with Gasteiger partial charge in [0.15, 0.2) is 0 Å². The first kappa shape index (κ1) is 18.1. The summed E-state index contributed by atoms with van der Waals surface area (Å²) in [5.74, 6) is -1.07. The maximum atomic E-state index is 13.7. The minimum Gasteiger partial charge on any atom is -0.434 e. The molecule has 5 nitrogen and oxygen atoms in total. The first-order valence-corrected chi connectivity index (χ1v) is 6.85. The normalized spacial score (nSPS) is 12.1. The molecule has 0 aliphatic rings. The Morgan fingerprint density at radius 2 is 2.14 bits per heavy atom. The van der Waals surface area contributed by atoms with E-state index in [1.54, 1.807) is 0 Å². The van der Waals surface area contributed by atoms with Gasteiger partial charge < -0.3 is 20.5 Å². The van der Waals surface area contributed by atoms with E-state index in [2.05, 4.69) is 15.4 Å². The zero-order chi connectivity index (χ0) is 16.5. The number of carbonyl (C=O) groups is 1. The van der Waals surface area contributed by atoms with Crippen LogP contribution in [-0.2, 0) is 6.54 Å². The lowest BCUT2D eigenvalue weighted by atomic mass is 10.1. The fourth-order valence-electron chi connectivity index (χ4n) is 1.86. The first-order chi connectivity index (χ1) is 10.5. The van der Waals surface area contributed by atoms with Crippen molar-refractivity contribution in [1.29, 1.82) is 0 Å². The van der Waals surface area contributed by atoms with Gasteiger partial charge in [-0.05, 0) is 25.0 Å². The van der Waals surface area contributed by atoms with Gasteiger partial charge in [-0.3, -0.25) is 0 Å². The van der Waals surface area contributed by atoms with E-state index in [0.29, 0.717) is 12.8 Å². The van der Waals surface area contributed by atoms with Crippen LogP contribution < -0.4 is 15.4 Å². The molecule has 3 N–H and O–H groups in total. The molecule has 1 rings (SSSR count). The third-order valence-corrected chi connectivity index (χ3v) is 3.02. The summed E-state index contributed by atoms with van der Waals surface area (Å²) in [6.45, 7) is -1.61. The maximum Gasteiger partial charge on any atom is 0.387 e. The summed E-state index contributed by atoms with van der Waals surface area (Å²) in [5.41, 5.74) is -0.159. The molecule has 1 aromatic rings. The summed E-state index contributed by atoms with van der Waals surface area (Å²) in [6, 6.07) is 2.73. The monoisotopic (exact) mass is 320 g/mol. The van der Waals surface area contributed by atoms with Crippen LogP contribution in [0.1, 0.15) is 25.3 Å². The van der Waals surface area contributed by atoms with Crippen molar-refractivity contribution < 1.29 is 27.8 Å². The molecule has 1 aromatic carbocycles. The molecule has 1 unspecified atom stereocenters. The average molecular weight is 320 g/mol. The van der Waals surface area contributed by atoms with Crippen LogP contribution in [0.15, 0.2) is 18.2 Å². The third-order valence-electron chi connectivity index (χ3n) is 3.02. The van der Waals surface area contributed by atoms with Crippen LogP contribution in [0.4, 0.5) is 18.0 Å². The summed E-state index contributed by atoms with van der Waals surface area (Å²) >= 11 is 0. The topological polar surface area (TPSA) is 70.6 Å². The standard InChI is InChI=1S/C14H19F3N2O3/c1-2-9(6-7-20)19-14(21)18-8-10-11(15)4-3-5-12(10)22-13(16)17/h3-5,9,13,20H,2,6-8H2,1H3,(H2,18,19,21). The first-order valence-electron chi connectivity index (χ1n) is 6.85. The number of aliphatic hydroxyl groups is 1. The van der Waals surface area contributed by atoms with Gasteiger partial charge in [-0.15, -0.1) is 0 Å². The minimum absolute atomic E-state index is 0.0710. The van der Waals surface area contributed by atoms with Crippen LogP contribution in [0.3, 0.4) is 0 Å². The predicted octanol–water partition coefficient (Wildman–Crippen LogP) is 2.39. The largest absolute Gasteiger partial charge is 0.434 e. The molecule has 0 fully saturated rings. The zero-order valence-electron chi connectivity index (χ0n) is 12.1. The number of ether oxygens (including phenoxy) is 1. The van der Waals surface area contributed by atoms with Crippen molar-refractivity contribution >= 4 is 6.03 Å². The Hall–Kier alpha value is -1.96. The molecule has 124 valence electrons. The second kappa shape index (κ2) is 9.14. The summed E-state index contributed by atoms with van der Waals surface area (Å²) < 4.78 is 42.4. The number of hydrogen-bond donors (Lipinski definition) is 3. The molecule has 0 saturated heterocycles. The summed E-state index contributed by atoms with van der Waals surface area (Å²) in [5, 5.41) is 13.8. The lowest BCUT2D eigenvalue weighted by Gasteiger charge is -2.17. The van der Waals surface area contributed by atoms with Gasteiger partial charge in [-0.1, -0.05) is 13.0 Å². The summed E-state index contributed by atoms with van der Waals surface area (Å²) in [6.07, 6.45) is 1.01. The Kier molecular flexibility index (Phi) is 7.51. The van der Waals surface area contributed by atoms with E-state index in [9.17, 15) is 18.0 Å². The Balaban J connectivity index is 2.65. The fourth-order valence-corrected chi connectivity index (χ4v) is 1.86. The summed E-state index contributed by atoms with van der Waals surface area (Å²) in [7, 11) is 0. The number of halogens is 3. The van der Waals surface area contributed by atoms with Gasteiger partial charge in [0.05, 0.1) is 6.54 Å². The van der Waals surface area contributed by atoms with Crippen LogP contribution in [0.5, 0.6) is 5.75 Å². The number of aliphatic hydroxyl groups excluding tert-OH is 1. The van der Waals surface area contributed by atoms with Crippen molar-refractivity contribution in [2.24, 2.45) is 0 Å². The van der Waals surface area contributed by atoms with Gasteiger partial charge >= 0.3 is 12.6 Å². The Morgan fingerprint density at radius 1 is 1.41 bits per heavy atom. The highest BCUT2D eigenvalue weighted by atomic mass is 19.3. The van der Waals surface area contributed by atoms with Crippen molar-refractivity contribution in [1.82, 2.24) is 10.6 Å². The fraction of sp³-hybridized carbons (Fsp3) is 0.500. The van der Waals surface area contributed by atoms with Crippen molar-refractivity contribution in [3.05, 3.63) is 29.6 Å². The van der Waals surface area contributed by atoms with Crippen LogP contribution in [0.2, 0.25) is 0 Å². The highest BCUT2D eigenvalue weighted by molar-refractivity contribution is 5.74. The molecule has 22 heavy (non-hydrogen) atoms. The highest BCUT2D eigenvalue weighted by Gasteiger charge is 2.15. The molecule has 0 heterocycles. The van der Waals surface area contributed by atoms with E-state index in [-0.39, 0.29) is 30.5 Å². The number of alkyl halides is 2. The van der Waals surface area contributed by atoms with Gasteiger partial charge in [-0.2, -0.15) is 8.78 Å². The molecule has 0 spiro atoms. The molecule has 0 aliphatic carbocycles. The van der Waals surface area contributed by atoms with Crippen LogP contribution in [0, 0.1) is 5.82 Å². The molecular weight excluding hydrogens is 301 g/mol. The smallest absolute Gasteiger partial charge is 0.387 e. The minimum atomic E-state index is -3.08. The van der Waals surface area contributed by atoms with Crippen molar-refractivity contribution in [2.45, 2.75) is 39.0 Å². The molecule has 1 atom stereocenters. The number of urea groups is 1. The quantitative estimate of drug-likeness (QED) is 0.689. The second-order valence-corrected chi connectivity index (χ2v) is 4.54. The third kappa shape index (κ3) is 5.80. The molecule has 0 aliphatic heterocycles. The second-order valence-electron chi connectivity index (χ2n) is 4.54. The Labute approximate surface area is 126 Å². The van der Waals surface area contributed by atoms with E-state index in [4.69, 9.17) is 5.11 Å². The average Bonchev–Trinajstić information content (AvgIpc) is 2.45. The number of amides is 2. The van der Waals surface area contributed by atoms with E-state index < -0.39 is 18.5 Å². The lowest BCUT2D eigenvalue weighted by Crippen LogP contribution is -2.42. The predicted molar refractivity (Wildman–Crippen MR) is 74.2 cm³/mol. The van der Waals surface area contributed by atoms with E-state index in [1.807, 2.05) is 6.92 Å². The van der Waals surface area contributed by atoms with Gasteiger partial charge in [0.1, 0.15) is 11.6 Å². The van der Waals surface area contributed by atoms with E-state index in [0.717, 1.165) is 6.07 Å². The highest BCUT2D eigenvalue weighted by Crippen LogP contribution is 2.23. The number of benzene rings is 1. The van der Waals surface area contributed by atoms with Gasteiger partial charge in [0, 0.05) is 18.2 Å². The van der Waals surface area contributed by atoms with Gasteiger partial charge in [0.25, 0.3) is 0 Å². The van der Waals surface area contributed by atoms with Gasteiger partial charge in [-0.25, -0.2) is 9.18 Å². The molecular formula is C14H19F3N2O3. The van der Waals surface area contributed by atoms with Crippen LogP contribution in [0.25, 0.3) is 0 Å². The SMILES string of the molecule is CCC(CCO)NC(=O)NCc1c(F)cccc1OC(F)F. The van der Waals surface area contributed by atoms with Gasteiger partial charge in [0.2, 0.25) is 0 Å². The summed E-state index contributed by atoms with van der Waals surface area (Å²) in [4.78, 5) is 11.7. The Bertz CT molecular complexity index is 486. The van der Waals surface area contributed by atoms with E-state index in [1.165, 1.54) is 12.1 Å². The molecule has 8 heteroatoms. The lowest BCUT2D eigenvalue weighted by molar-refractivity contribution is -0.0506. The van der Waals surface area contributed by atoms with Crippen molar-refractivity contribution in [2.75, 3.05) is 6.61 Å². The molecule has 2 amide bonds. The van der Waals surface area contributed by atoms with Crippen molar-refractivity contribution in [3.8, 4) is 5.75 Å². The zero-order valence-corrected chi connectivity index (χ0v) is 12.1. The van der Waals surface area contributed by atoms with E-state index >= 15 is 0 Å². The Morgan fingerprint density at radius 3 is 2.73 bits per heavy atom. The van der Waals surface area contributed by atoms with Crippen LogP contribution in [-0.4, -0.2) is 30.4 Å². The van der Waals surface area contributed by atoms with Crippen LogP contribution >= 0.6 is 0 Å². The molecule has 0 radical (unpaired) electrons. The maximum absolute atomic E-state index is 13.7. The van der Waals surface area contributed by atoms with Crippen molar-refractivity contribution in [3.63, 3.8) is 0 Å². The molecule has 0 aromatic heterocycles. The number of nitrogens with one attached hydrogen (secondary N) is 2. The number of carbonyl (C=O) groups excluding carboxylic acids is 1. The number of hydrogen-bond acceptors (Lipinski definition) is 3. The molecule has 0 saturated carbocycles. The number of rotatable bonds is 8.